The number of halogens is 1. The molecule has 0 aliphatic carbocycles. The summed E-state index contributed by atoms with van der Waals surface area (Å²) in [5.41, 5.74) is 15.8. The van der Waals surface area contributed by atoms with Crippen molar-refractivity contribution in [3.8, 4) is 0 Å². The van der Waals surface area contributed by atoms with Crippen LogP contribution in [0.15, 0.2) is 55.0 Å². The van der Waals surface area contributed by atoms with Crippen LogP contribution in [0, 0.1) is 5.92 Å². The van der Waals surface area contributed by atoms with Gasteiger partial charge in [0.1, 0.15) is 6.04 Å². The molecule has 4 aromatic heterocycles. The van der Waals surface area contributed by atoms with Crippen LogP contribution < -0.4 is 43.0 Å². The average Bonchev–Trinajstić information content (AvgIpc) is 3.87. The number of aliphatic carboxylic acids is 1. The van der Waals surface area contributed by atoms with Crippen molar-refractivity contribution in [2.75, 3.05) is 120 Å². The molecular formula is C52H71ClN16O11. The van der Waals surface area contributed by atoms with E-state index >= 15 is 0 Å². The van der Waals surface area contributed by atoms with E-state index in [1.165, 1.54) is 0 Å². The maximum Gasteiger partial charge on any atom is 0.326 e. The first-order chi connectivity index (χ1) is 38.5. The number of amides is 3. The second-order valence-electron chi connectivity index (χ2n) is 18.8. The topological polar surface area (TPSA) is 365 Å². The molecule has 2 atom stereocenters. The Morgan fingerprint density at radius 2 is 1.40 bits per heavy atom. The summed E-state index contributed by atoms with van der Waals surface area (Å²) in [5.74, 6) is -1.56. The zero-order valence-electron chi connectivity index (χ0n) is 45.4. The molecule has 432 valence electrons. The summed E-state index contributed by atoms with van der Waals surface area (Å²) in [6.07, 6.45) is 3.02. The number of hydrogen-bond acceptors (Lipinski definition) is 22. The molecule has 28 heteroatoms. The summed E-state index contributed by atoms with van der Waals surface area (Å²) in [6.45, 7) is 12.0. The van der Waals surface area contributed by atoms with Crippen LogP contribution >= 0.6 is 11.6 Å². The predicted molar refractivity (Wildman–Crippen MR) is 300 cm³/mol. The summed E-state index contributed by atoms with van der Waals surface area (Å²) in [5, 5.41) is 34.3. The summed E-state index contributed by atoms with van der Waals surface area (Å²) in [6, 6.07) is 10.1. The number of aromatic nitrogens is 8. The number of nitrogens with one attached hydrogen (secondary N) is 5. The van der Waals surface area contributed by atoms with E-state index in [1.54, 1.807) is 55.0 Å². The lowest BCUT2D eigenvalue weighted by molar-refractivity contribution is -0.139. The van der Waals surface area contributed by atoms with Crippen LogP contribution in [0.25, 0.3) is 22.3 Å². The Morgan fingerprint density at radius 3 is 2.00 bits per heavy atom. The molecular weight excluding hydrogens is 1060 g/mol. The van der Waals surface area contributed by atoms with Crippen molar-refractivity contribution in [1.29, 1.82) is 0 Å². The quantitative estimate of drug-likeness (QED) is 0.0258. The first-order valence-electron chi connectivity index (χ1n) is 26.0. The molecule has 4 heterocycles. The molecule has 1 unspecified atom stereocenters. The molecule has 11 N–H and O–H groups in total. The molecule has 0 spiro atoms. The number of ether oxygens (including phenoxy) is 5. The molecule has 6 aromatic rings. The predicted octanol–water partition coefficient (Wildman–Crippen LogP) is 3.36. The minimum atomic E-state index is -1.29. The average molecular weight is 1130 g/mol. The number of benzene rings is 2. The highest BCUT2D eigenvalue weighted by molar-refractivity contribution is 6.34. The number of aliphatic hydroxyl groups excluding tert-OH is 1. The third kappa shape index (κ3) is 18.7. The number of hydrogen-bond donors (Lipinski definition) is 9. The SMILES string of the molecule is CC(C)C(CO)Nc1nc(Nc2ccc(C(=O)NCCOCCOCCOCCOCCOCCNC(=O)CC[C@H](NC(=O)c3ccc(N(C)Cc4cnc5nc(N)nc(N)c5n4)cc3)C(=O)O)c(Cl)c2)c2ncn(C(C)C)c2n1. The van der Waals surface area contributed by atoms with Crippen molar-refractivity contribution in [2.45, 2.75) is 65.2 Å². The fourth-order valence-electron chi connectivity index (χ4n) is 7.65. The largest absolute Gasteiger partial charge is 0.480 e. The summed E-state index contributed by atoms with van der Waals surface area (Å²) in [7, 11) is 1.83. The van der Waals surface area contributed by atoms with Gasteiger partial charge in [-0.15, -0.1) is 0 Å². The molecule has 0 aliphatic rings. The molecule has 0 bridgehead atoms. The van der Waals surface area contributed by atoms with Gasteiger partial charge in [0, 0.05) is 49.5 Å². The smallest absolute Gasteiger partial charge is 0.326 e. The van der Waals surface area contributed by atoms with Gasteiger partial charge in [-0.2, -0.15) is 19.9 Å². The van der Waals surface area contributed by atoms with Crippen LogP contribution in [0.5, 0.6) is 0 Å². The molecule has 3 amide bonds. The van der Waals surface area contributed by atoms with Gasteiger partial charge >= 0.3 is 5.97 Å². The molecule has 0 saturated carbocycles. The van der Waals surface area contributed by atoms with Crippen LogP contribution in [-0.2, 0) is 39.8 Å². The van der Waals surface area contributed by atoms with Crippen LogP contribution in [-0.4, -0.2) is 178 Å². The maximum atomic E-state index is 12.9. The summed E-state index contributed by atoms with van der Waals surface area (Å²) >= 11 is 6.57. The molecule has 0 saturated heterocycles. The second-order valence-corrected chi connectivity index (χ2v) is 19.2. The number of carboxylic acids is 1. The second kappa shape index (κ2) is 31.2. The zero-order valence-corrected chi connectivity index (χ0v) is 46.2. The van der Waals surface area contributed by atoms with Crippen LogP contribution in [0.4, 0.5) is 34.9 Å². The number of nitrogens with two attached hydrogens (primary N) is 2. The van der Waals surface area contributed by atoms with Gasteiger partial charge in [0.25, 0.3) is 11.8 Å². The summed E-state index contributed by atoms with van der Waals surface area (Å²) < 4.78 is 29.6. The number of nitrogens with zero attached hydrogens (tertiary/aromatic N) is 9. The third-order valence-electron chi connectivity index (χ3n) is 12.1. The molecule has 0 radical (unpaired) electrons. The van der Waals surface area contributed by atoms with E-state index in [4.69, 9.17) is 51.7 Å². The number of carbonyl (C=O) groups excluding carboxylic acids is 3. The monoisotopic (exact) mass is 1130 g/mol. The molecule has 6 rings (SSSR count). The fraction of sp³-hybridized carbons (Fsp3) is 0.481. The minimum Gasteiger partial charge on any atom is -0.480 e. The number of rotatable bonds is 35. The van der Waals surface area contributed by atoms with Gasteiger partial charge in [0.05, 0.1) is 114 Å². The number of aliphatic hydroxyl groups is 1. The van der Waals surface area contributed by atoms with Crippen molar-refractivity contribution >= 4 is 92.5 Å². The standard InChI is InChI=1S/C52H71ClN16O11/c1-31(2)40(29-70)63-52-66-46(43-47(67-52)69(30-59-43)32(3)4)61-34-8-11-37(38(53)26-34)49(73)57-15-17-77-19-21-79-23-25-80-24-22-78-20-18-76-16-14-56-41(71)13-12-39(50(74)75)62-48(72)33-6-9-36(10-7-33)68(5)28-35-27-58-45-42(60-35)44(54)64-51(55)65-45/h6-11,26-27,30-32,39-40,70H,12-25,28-29H2,1-5H3,(H,56,71)(H,57,73)(H,62,72)(H,74,75)(H2,61,63,66,67)(H4,54,55,58,64,65)/t39-,40?/m0/s1. The number of fused-ring (bicyclic) bond motifs is 2. The molecule has 2 aromatic carbocycles. The minimum absolute atomic E-state index is 0.00276. The van der Waals surface area contributed by atoms with E-state index in [0.717, 1.165) is 5.69 Å². The van der Waals surface area contributed by atoms with Gasteiger partial charge < -0.3 is 81.4 Å². The van der Waals surface area contributed by atoms with Crippen LogP contribution in [0.3, 0.4) is 0 Å². The first-order valence-corrected chi connectivity index (χ1v) is 26.4. The van der Waals surface area contributed by atoms with Gasteiger partial charge in [0.15, 0.2) is 34.0 Å². The number of nitrogen functional groups attached to an aromatic ring is 2. The lowest BCUT2D eigenvalue weighted by Gasteiger charge is -2.20. The van der Waals surface area contributed by atoms with Crippen molar-refractivity contribution in [2.24, 2.45) is 5.92 Å². The Balaban J connectivity index is 0.741. The first kappa shape index (κ1) is 61.6. The lowest BCUT2D eigenvalue weighted by Crippen LogP contribution is -2.41. The van der Waals surface area contributed by atoms with Gasteiger partial charge in [0.2, 0.25) is 17.8 Å². The van der Waals surface area contributed by atoms with E-state index in [0.29, 0.717) is 105 Å². The Bertz CT molecular complexity index is 2990. The van der Waals surface area contributed by atoms with Crippen molar-refractivity contribution in [3.05, 3.63) is 76.8 Å². The van der Waals surface area contributed by atoms with Crippen molar-refractivity contribution in [3.63, 3.8) is 0 Å². The van der Waals surface area contributed by atoms with Gasteiger partial charge in [-0.3, -0.25) is 14.4 Å². The van der Waals surface area contributed by atoms with E-state index in [9.17, 15) is 29.4 Å². The fourth-order valence-corrected chi connectivity index (χ4v) is 7.91. The van der Waals surface area contributed by atoms with E-state index in [-0.39, 0.29) is 104 Å². The Kier molecular flexibility index (Phi) is 24.0. The molecule has 0 aliphatic heterocycles. The molecule has 80 heavy (non-hydrogen) atoms. The van der Waals surface area contributed by atoms with Crippen molar-refractivity contribution in [1.82, 2.24) is 55.4 Å². The van der Waals surface area contributed by atoms with Crippen molar-refractivity contribution < 1.29 is 53.1 Å². The van der Waals surface area contributed by atoms with E-state index < -0.39 is 17.9 Å². The highest BCUT2D eigenvalue weighted by atomic mass is 35.5. The Hall–Kier alpha value is -7.66. The number of carboxylic acid groups (broad SMARTS) is 1. The molecule has 0 fully saturated rings. The number of imidazole rings is 1. The Morgan fingerprint density at radius 1 is 0.762 bits per heavy atom. The van der Waals surface area contributed by atoms with E-state index in [2.05, 4.69) is 56.5 Å². The van der Waals surface area contributed by atoms with E-state index in [1.807, 2.05) is 44.2 Å². The van der Waals surface area contributed by atoms with Crippen LogP contribution in [0.1, 0.15) is 73.0 Å². The zero-order chi connectivity index (χ0) is 57.6. The lowest BCUT2D eigenvalue weighted by atomic mass is 10.1. The Labute approximate surface area is 467 Å². The molecule has 27 nitrogen and oxygen atoms in total. The number of anilines is 6. The van der Waals surface area contributed by atoms with Gasteiger partial charge in [-0.25, -0.2) is 19.7 Å². The van der Waals surface area contributed by atoms with Gasteiger partial charge in [-0.1, -0.05) is 25.4 Å². The summed E-state index contributed by atoms with van der Waals surface area (Å²) in [4.78, 5) is 82.7. The van der Waals surface area contributed by atoms with Crippen LogP contribution in [0.2, 0.25) is 5.02 Å². The van der Waals surface area contributed by atoms with Gasteiger partial charge in [-0.05, 0) is 68.7 Å². The third-order valence-corrected chi connectivity index (χ3v) is 12.4. The highest BCUT2D eigenvalue weighted by Gasteiger charge is 2.23. The maximum absolute atomic E-state index is 12.9. The normalized spacial score (nSPS) is 12.2. The highest BCUT2D eigenvalue weighted by Crippen LogP contribution is 2.29. The number of carbonyl (C=O) groups is 4.